The Kier molecular flexibility index (Phi) is 5.85. The van der Waals surface area contributed by atoms with Crippen molar-refractivity contribution < 1.29 is 0 Å². The molecule has 15 aromatic rings. The quantitative estimate of drug-likeness (QED) is 0.164. The van der Waals surface area contributed by atoms with Gasteiger partial charge >= 0.3 is 0 Å². The summed E-state index contributed by atoms with van der Waals surface area (Å²) in [7, 11) is 0. The fourth-order valence-corrected chi connectivity index (χ4v) is 11.5. The Balaban J connectivity index is 1.41. The zero-order valence-electron chi connectivity index (χ0n) is 32.9. The van der Waals surface area contributed by atoms with Crippen molar-refractivity contribution in [2.45, 2.75) is 0 Å². The minimum absolute atomic E-state index is 0.0148. The van der Waals surface area contributed by atoms with Gasteiger partial charge in [-0.1, -0.05) is 121 Å². The first-order valence-corrected chi connectivity index (χ1v) is 21.0. The monoisotopic (exact) mass is 790 g/mol. The van der Waals surface area contributed by atoms with Gasteiger partial charge in [0, 0.05) is 64.6 Å². The van der Waals surface area contributed by atoms with E-state index >= 15 is 0 Å². The summed E-state index contributed by atoms with van der Waals surface area (Å²) in [4.78, 5) is 29.3. The second-order valence-corrected chi connectivity index (χ2v) is 16.7. The molecule has 0 aliphatic rings. The first-order chi connectivity index (χ1) is 30.7. The second-order valence-electron chi connectivity index (χ2n) is 16.7. The van der Waals surface area contributed by atoms with Crippen molar-refractivity contribution in [2.75, 3.05) is 0 Å². The molecule has 62 heavy (non-hydrogen) atoms. The lowest BCUT2D eigenvalue weighted by Gasteiger charge is -2.21. The smallest absolute Gasteiger partial charge is 0.197 e. The van der Waals surface area contributed by atoms with Gasteiger partial charge in [0.15, 0.2) is 10.9 Å². The lowest BCUT2D eigenvalue weighted by atomic mass is 10.0. The third-order valence-corrected chi connectivity index (χ3v) is 13.8. The highest BCUT2D eigenvalue weighted by Gasteiger charge is 2.32. The van der Waals surface area contributed by atoms with E-state index in [4.69, 9.17) is 0 Å². The molecule has 6 aromatic heterocycles. The van der Waals surface area contributed by atoms with Crippen LogP contribution in [-0.2, 0) is 0 Å². The number of benzene rings is 9. The highest BCUT2D eigenvalue weighted by molar-refractivity contribution is 6.36. The molecule has 0 N–H and O–H groups in total. The van der Waals surface area contributed by atoms with Gasteiger partial charge in [-0.25, -0.2) is 0 Å². The van der Waals surface area contributed by atoms with Crippen LogP contribution in [0.4, 0.5) is 0 Å². The number of nitrogens with zero attached hydrogens (tertiary/aromatic N) is 4. The van der Waals surface area contributed by atoms with Crippen LogP contribution in [0.2, 0.25) is 0 Å². The molecule has 0 aliphatic heterocycles. The van der Waals surface area contributed by atoms with E-state index in [0.717, 1.165) is 110 Å². The maximum absolute atomic E-state index is 14.7. The van der Waals surface area contributed by atoms with Crippen molar-refractivity contribution in [3.63, 3.8) is 0 Å². The van der Waals surface area contributed by atoms with E-state index in [1.807, 2.05) is 60.7 Å². The lowest BCUT2D eigenvalue weighted by Crippen LogP contribution is -2.10. The Morgan fingerprint density at radius 3 is 0.871 bits per heavy atom. The Bertz CT molecular complexity index is 4220. The van der Waals surface area contributed by atoms with E-state index in [-0.39, 0.29) is 10.9 Å². The molecule has 9 aromatic carbocycles. The standard InChI is InChI=1S/C56H30N4O2/c61-55-35-19-5-11-29-45(35)59-49-37(21-13-23-39(49)55)47-48-38-22-14-24-40-50(38)60(46-30-12-6-20-36(46)56(40)62)52(48)54(58-43-27-9-3-17-33(43)34-18-4-10-28-44(34)58)53(51(47)59)57-41-25-7-1-15-31(41)32-16-2-8-26-42(32)57/h1-30H. The zero-order valence-corrected chi connectivity index (χ0v) is 32.9. The highest BCUT2D eigenvalue weighted by Crippen LogP contribution is 2.51. The Hall–Kier alpha value is -8.48. The third-order valence-electron chi connectivity index (χ3n) is 13.8. The normalized spacial score (nSPS) is 12.6. The summed E-state index contributed by atoms with van der Waals surface area (Å²) >= 11 is 0. The summed E-state index contributed by atoms with van der Waals surface area (Å²) in [6, 6.07) is 63.3. The van der Waals surface area contributed by atoms with Crippen molar-refractivity contribution in [3.05, 3.63) is 202 Å². The van der Waals surface area contributed by atoms with Crippen LogP contribution in [0.15, 0.2) is 192 Å². The highest BCUT2D eigenvalue weighted by atomic mass is 16.1. The van der Waals surface area contributed by atoms with Crippen LogP contribution < -0.4 is 10.9 Å². The number of fused-ring (bicyclic) bond motifs is 17. The number of hydrogen-bond acceptors (Lipinski definition) is 2. The maximum atomic E-state index is 14.7. The molecule has 15 rings (SSSR count). The number of rotatable bonds is 2. The Labute approximate surface area is 350 Å². The molecule has 0 spiro atoms. The van der Waals surface area contributed by atoms with E-state index in [9.17, 15) is 9.59 Å². The summed E-state index contributed by atoms with van der Waals surface area (Å²) in [5.74, 6) is 0. The fourth-order valence-electron chi connectivity index (χ4n) is 11.5. The summed E-state index contributed by atoms with van der Waals surface area (Å²) < 4.78 is 9.69. The lowest BCUT2D eigenvalue weighted by molar-refractivity contribution is 1.10. The average molecular weight is 791 g/mol. The Morgan fingerprint density at radius 2 is 0.516 bits per heavy atom. The summed E-state index contributed by atoms with van der Waals surface area (Å²) in [5, 5.41) is 11.3. The predicted molar refractivity (Wildman–Crippen MR) is 257 cm³/mol. The molecule has 0 fully saturated rings. The molecule has 6 heterocycles. The van der Waals surface area contributed by atoms with Crippen LogP contribution in [0.5, 0.6) is 0 Å². The van der Waals surface area contributed by atoms with Crippen molar-refractivity contribution in [3.8, 4) is 11.4 Å². The molecule has 286 valence electrons. The van der Waals surface area contributed by atoms with Gasteiger partial charge < -0.3 is 17.9 Å². The van der Waals surface area contributed by atoms with E-state index in [1.54, 1.807) is 0 Å². The van der Waals surface area contributed by atoms with Gasteiger partial charge in [-0.15, -0.1) is 0 Å². The van der Waals surface area contributed by atoms with Crippen LogP contribution in [0, 0.1) is 0 Å². The number of para-hydroxylation sites is 8. The molecule has 0 amide bonds. The van der Waals surface area contributed by atoms with Crippen LogP contribution in [-0.4, -0.2) is 17.9 Å². The van der Waals surface area contributed by atoms with Gasteiger partial charge in [-0.2, -0.15) is 0 Å². The largest absolute Gasteiger partial charge is 0.306 e. The number of pyridine rings is 2. The van der Waals surface area contributed by atoms with E-state index in [2.05, 4.69) is 139 Å². The van der Waals surface area contributed by atoms with Crippen LogP contribution in [0.1, 0.15) is 0 Å². The SMILES string of the molecule is O=c1c2ccccc2n2c3c(-n4c5ccccc5c5ccccc54)c(-n4c5ccccc5c5ccccc54)c4c(c5cccc6c(=O)c7ccccc7n4c65)c3c3cccc1c32. The molecule has 0 unspecified atom stereocenters. The molecular weight excluding hydrogens is 761 g/mol. The van der Waals surface area contributed by atoms with Gasteiger partial charge in [0.05, 0.1) is 66.5 Å². The molecule has 0 radical (unpaired) electrons. The molecule has 0 saturated heterocycles. The second kappa shape index (κ2) is 11.2. The zero-order chi connectivity index (χ0) is 40.5. The van der Waals surface area contributed by atoms with Gasteiger partial charge in [-0.05, 0) is 60.7 Å². The van der Waals surface area contributed by atoms with Gasteiger partial charge in [0.25, 0.3) is 0 Å². The number of hydrogen-bond donors (Lipinski definition) is 0. The van der Waals surface area contributed by atoms with Crippen LogP contribution in [0.3, 0.4) is 0 Å². The minimum atomic E-state index is 0.0148. The first-order valence-electron chi connectivity index (χ1n) is 21.0. The van der Waals surface area contributed by atoms with E-state index in [0.29, 0.717) is 21.5 Å². The van der Waals surface area contributed by atoms with E-state index < -0.39 is 0 Å². The van der Waals surface area contributed by atoms with Gasteiger partial charge in [-0.3, -0.25) is 9.59 Å². The molecular formula is C56H30N4O2. The van der Waals surface area contributed by atoms with Crippen molar-refractivity contribution in [2.24, 2.45) is 0 Å². The fraction of sp³-hybridized carbons (Fsp3) is 0. The molecule has 0 atom stereocenters. The minimum Gasteiger partial charge on any atom is -0.306 e. The van der Waals surface area contributed by atoms with Gasteiger partial charge in [0.1, 0.15) is 0 Å². The van der Waals surface area contributed by atoms with Crippen LogP contribution >= 0.6 is 0 Å². The molecule has 0 aliphatic carbocycles. The van der Waals surface area contributed by atoms with Crippen molar-refractivity contribution >= 4 is 120 Å². The average Bonchev–Trinajstić information content (AvgIpc) is 4.06. The molecule has 6 heteroatoms. The molecule has 6 nitrogen and oxygen atoms in total. The first kappa shape index (κ1) is 32.4. The van der Waals surface area contributed by atoms with E-state index in [1.165, 1.54) is 0 Å². The summed E-state index contributed by atoms with van der Waals surface area (Å²) in [6.45, 7) is 0. The summed E-state index contributed by atoms with van der Waals surface area (Å²) in [5.41, 5.74) is 11.7. The maximum Gasteiger partial charge on any atom is 0.197 e. The number of aromatic nitrogens is 4. The summed E-state index contributed by atoms with van der Waals surface area (Å²) in [6.07, 6.45) is 0. The predicted octanol–water partition coefficient (Wildman–Crippen LogP) is 12.9. The van der Waals surface area contributed by atoms with Crippen molar-refractivity contribution in [1.82, 2.24) is 17.9 Å². The molecule has 0 saturated carbocycles. The third kappa shape index (κ3) is 3.66. The van der Waals surface area contributed by atoms with Crippen molar-refractivity contribution in [1.29, 1.82) is 0 Å². The van der Waals surface area contributed by atoms with Crippen LogP contribution in [0.25, 0.3) is 131 Å². The van der Waals surface area contributed by atoms with Gasteiger partial charge in [0.2, 0.25) is 0 Å². The Morgan fingerprint density at radius 1 is 0.242 bits per heavy atom. The topological polar surface area (TPSA) is 52.8 Å². The molecule has 0 bridgehead atoms.